The van der Waals surface area contributed by atoms with Crippen LogP contribution in [0.3, 0.4) is 0 Å². The van der Waals surface area contributed by atoms with E-state index in [4.69, 9.17) is 5.11 Å². The van der Waals surface area contributed by atoms with Crippen LogP contribution >= 0.6 is 0 Å². The molecule has 1 aliphatic rings. The number of anilines is 1. The third-order valence-corrected chi connectivity index (χ3v) is 3.22. The van der Waals surface area contributed by atoms with Crippen molar-refractivity contribution >= 4 is 11.8 Å². The van der Waals surface area contributed by atoms with Crippen molar-refractivity contribution in [3.8, 4) is 0 Å². The van der Waals surface area contributed by atoms with Crippen LogP contribution in [-0.4, -0.2) is 40.4 Å². The average Bonchev–Trinajstić information content (AvgIpc) is 2.78. The average molecular weight is 236 g/mol. The van der Waals surface area contributed by atoms with Crippen LogP contribution in [0.15, 0.2) is 18.3 Å². The first-order chi connectivity index (χ1) is 8.08. The molecule has 0 amide bonds. The summed E-state index contributed by atoms with van der Waals surface area (Å²) in [5.41, 5.74) is 0.246. The fraction of sp³-hybridized carbons (Fsp3) is 0.500. The van der Waals surface area contributed by atoms with Crippen molar-refractivity contribution in [3.63, 3.8) is 0 Å². The largest absolute Gasteiger partial charge is 0.478 e. The van der Waals surface area contributed by atoms with Gasteiger partial charge in [-0.05, 0) is 25.5 Å². The zero-order valence-electron chi connectivity index (χ0n) is 9.71. The molecule has 1 aliphatic heterocycles. The molecule has 1 saturated heterocycles. The van der Waals surface area contributed by atoms with Crippen LogP contribution in [0.2, 0.25) is 0 Å². The number of aliphatic hydroxyl groups is 1. The van der Waals surface area contributed by atoms with Crippen LogP contribution in [0, 0.1) is 5.92 Å². The fourth-order valence-corrected chi connectivity index (χ4v) is 2.11. The molecule has 0 aromatic carbocycles. The van der Waals surface area contributed by atoms with Crippen molar-refractivity contribution in [3.05, 3.63) is 23.9 Å². The lowest BCUT2D eigenvalue weighted by atomic mass is 10.0. The fourth-order valence-electron chi connectivity index (χ4n) is 2.11. The summed E-state index contributed by atoms with van der Waals surface area (Å²) in [6.45, 7) is 3.33. The van der Waals surface area contributed by atoms with Crippen molar-refractivity contribution in [1.29, 1.82) is 0 Å². The van der Waals surface area contributed by atoms with E-state index in [9.17, 15) is 9.90 Å². The van der Waals surface area contributed by atoms with Gasteiger partial charge in [0.25, 0.3) is 0 Å². The quantitative estimate of drug-likeness (QED) is 0.818. The Balaban J connectivity index is 2.13. The lowest BCUT2D eigenvalue weighted by molar-refractivity contribution is 0.0696. The van der Waals surface area contributed by atoms with E-state index in [0.717, 1.165) is 19.5 Å². The Labute approximate surface area is 99.7 Å². The molecular weight excluding hydrogens is 220 g/mol. The molecule has 0 aliphatic carbocycles. The molecule has 17 heavy (non-hydrogen) atoms. The number of hydrogen-bond acceptors (Lipinski definition) is 4. The van der Waals surface area contributed by atoms with Crippen molar-refractivity contribution in [1.82, 2.24) is 4.98 Å². The Hall–Kier alpha value is -1.62. The zero-order valence-corrected chi connectivity index (χ0v) is 9.71. The summed E-state index contributed by atoms with van der Waals surface area (Å²) in [5, 5.41) is 18.4. The summed E-state index contributed by atoms with van der Waals surface area (Å²) < 4.78 is 0. The summed E-state index contributed by atoms with van der Waals surface area (Å²) in [6.07, 6.45) is 2.09. The highest BCUT2D eigenvalue weighted by atomic mass is 16.4. The van der Waals surface area contributed by atoms with Gasteiger partial charge in [0, 0.05) is 25.2 Å². The van der Waals surface area contributed by atoms with Crippen LogP contribution in [0.4, 0.5) is 5.82 Å². The van der Waals surface area contributed by atoms with Gasteiger partial charge < -0.3 is 15.1 Å². The minimum absolute atomic E-state index is 0.241. The minimum Gasteiger partial charge on any atom is -0.478 e. The molecule has 0 spiro atoms. The molecule has 92 valence electrons. The maximum Gasteiger partial charge on any atom is 0.335 e. The first-order valence-corrected chi connectivity index (χ1v) is 5.70. The molecular formula is C12H16N2O3. The molecule has 1 aromatic heterocycles. The van der Waals surface area contributed by atoms with Crippen LogP contribution in [0.25, 0.3) is 0 Å². The summed E-state index contributed by atoms with van der Waals surface area (Å²) in [6, 6.07) is 3.06. The van der Waals surface area contributed by atoms with Crippen LogP contribution < -0.4 is 4.90 Å². The highest BCUT2D eigenvalue weighted by molar-refractivity contribution is 5.88. The van der Waals surface area contributed by atoms with Gasteiger partial charge in [0.2, 0.25) is 0 Å². The SMILES string of the molecule is CC(O)C1CCN(c2cc(C(=O)O)ccn2)C1. The van der Waals surface area contributed by atoms with Gasteiger partial charge in [-0.15, -0.1) is 0 Å². The molecule has 5 nitrogen and oxygen atoms in total. The minimum atomic E-state index is -0.945. The predicted octanol–water partition coefficient (Wildman–Crippen LogP) is 0.987. The van der Waals surface area contributed by atoms with Gasteiger partial charge in [0.1, 0.15) is 5.82 Å². The first-order valence-electron chi connectivity index (χ1n) is 5.70. The van der Waals surface area contributed by atoms with E-state index in [-0.39, 0.29) is 17.6 Å². The van der Waals surface area contributed by atoms with E-state index in [1.165, 1.54) is 12.3 Å². The third-order valence-electron chi connectivity index (χ3n) is 3.22. The van der Waals surface area contributed by atoms with Gasteiger partial charge in [-0.3, -0.25) is 0 Å². The van der Waals surface area contributed by atoms with Gasteiger partial charge in [-0.25, -0.2) is 9.78 Å². The molecule has 2 heterocycles. The topological polar surface area (TPSA) is 73.7 Å². The second kappa shape index (κ2) is 4.71. The molecule has 5 heteroatoms. The second-order valence-electron chi connectivity index (χ2n) is 4.44. The number of rotatable bonds is 3. The molecule has 0 saturated carbocycles. The number of aromatic carboxylic acids is 1. The monoisotopic (exact) mass is 236 g/mol. The van der Waals surface area contributed by atoms with E-state index in [2.05, 4.69) is 4.98 Å². The summed E-state index contributed by atoms with van der Waals surface area (Å²) >= 11 is 0. The standard InChI is InChI=1S/C12H16N2O3/c1-8(15)10-3-5-14(7-10)11-6-9(12(16)17)2-4-13-11/h2,4,6,8,10,15H,3,5,7H2,1H3,(H,16,17). The van der Waals surface area contributed by atoms with E-state index >= 15 is 0 Å². The Morgan fingerprint density at radius 1 is 1.65 bits per heavy atom. The highest BCUT2D eigenvalue weighted by Gasteiger charge is 2.26. The molecule has 1 aromatic rings. The molecule has 1 fully saturated rings. The van der Waals surface area contributed by atoms with Gasteiger partial charge >= 0.3 is 5.97 Å². The number of aromatic nitrogens is 1. The lowest BCUT2D eigenvalue weighted by Gasteiger charge is -2.18. The Morgan fingerprint density at radius 3 is 3.00 bits per heavy atom. The van der Waals surface area contributed by atoms with Crippen molar-refractivity contribution in [2.24, 2.45) is 5.92 Å². The summed E-state index contributed by atoms with van der Waals surface area (Å²) in [5.74, 6) is -0.0294. The molecule has 2 atom stereocenters. The first kappa shape index (κ1) is 11.9. The number of pyridine rings is 1. The number of carbonyl (C=O) groups is 1. The maximum atomic E-state index is 10.9. The zero-order chi connectivity index (χ0) is 12.4. The third kappa shape index (κ3) is 2.55. The van der Waals surface area contributed by atoms with E-state index < -0.39 is 5.97 Å². The van der Waals surface area contributed by atoms with Crippen molar-refractivity contribution in [2.45, 2.75) is 19.4 Å². The summed E-state index contributed by atoms with van der Waals surface area (Å²) in [7, 11) is 0. The lowest BCUT2D eigenvalue weighted by Crippen LogP contribution is -2.24. The van der Waals surface area contributed by atoms with E-state index in [1.54, 1.807) is 13.0 Å². The molecule has 2 N–H and O–H groups in total. The number of carboxylic acid groups (broad SMARTS) is 1. The molecule has 2 unspecified atom stereocenters. The maximum absolute atomic E-state index is 10.9. The number of aliphatic hydroxyl groups excluding tert-OH is 1. The van der Waals surface area contributed by atoms with Crippen LogP contribution in [0.5, 0.6) is 0 Å². The normalized spacial score (nSPS) is 21.5. The summed E-state index contributed by atoms with van der Waals surface area (Å²) in [4.78, 5) is 17.1. The predicted molar refractivity (Wildman–Crippen MR) is 63.2 cm³/mol. The molecule has 0 radical (unpaired) electrons. The van der Waals surface area contributed by atoms with E-state index in [0.29, 0.717) is 5.82 Å². The molecule has 2 rings (SSSR count). The number of hydrogen-bond donors (Lipinski definition) is 2. The number of carboxylic acids is 1. The van der Waals surface area contributed by atoms with Crippen molar-refractivity contribution in [2.75, 3.05) is 18.0 Å². The van der Waals surface area contributed by atoms with Crippen molar-refractivity contribution < 1.29 is 15.0 Å². The smallest absolute Gasteiger partial charge is 0.335 e. The van der Waals surface area contributed by atoms with Gasteiger partial charge in [0.05, 0.1) is 11.7 Å². The molecule has 0 bridgehead atoms. The van der Waals surface area contributed by atoms with Crippen LogP contribution in [0.1, 0.15) is 23.7 Å². The van der Waals surface area contributed by atoms with Gasteiger partial charge in [-0.1, -0.05) is 0 Å². The highest BCUT2D eigenvalue weighted by Crippen LogP contribution is 2.24. The Bertz CT molecular complexity index is 420. The van der Waals surface area contributed by atoms with Gasteiger partial charge in [-0.2, -0.15) is 0 Å². The van der Waals surface area contributed by atoms with E-state index in [1.807, 2.05) is 4.90 Å². The number of nitrogens with zero attached hydrogens (tertiary/aromatic N) is 2. The Morgan fingerprint density at radius 2 is 2.41 bits per heavy atom. The Kier molecular flexibility index (Phi) is 3.28. The van der Waals surface area contributed by atoms with Gasteiger partial charge in [0.15, 0.2) is 0 Å². The van der Waals surface area contributed by atoms with Crippen LogP contribution in [-0.2, 0) is 0 Å². The second-order valence-corrected chi connectivity index (χ2v) is 4.44.